The second kappa shape index (κ2) is 16.2. The maximum absolute atomic E-state index is 12.2. The van der Waals surface area contributed by atoms with Crippen molar-refractivity contribution >= 4 is 11.6 Å². The first-order valence-corrected chi connectivity index (χ1v) is 16.2. The van der Waals surface area contributed by atoms with Crippen LogP contribution in [0.2, 0.25) is 0 Å². The van der Waals surface area contributed by atoms with Crippen LogP contribution in [0, 0.1) is 28.6 Å². The van der Waals surface area contributed by atoms with Gasteiger partial charge in [0.05, 0.1) is 0 Å². The van der Waals surface area contributed by atoms with E-state index in [1.165, 1.54) is 23.1 Å². The van der Waals surface area contributed by atoms with Crippen LogP contribution in [0.5, 0.6) is 0 Å². The third-order valence-electron chi connectivity index (χ3n) is 9.15. The maximum atomic E-state index is 12.2. The van der Waals surface area contributed by atoms with Gasteiger partial charge in [-0.25, -0.2) is 0 Å². The van der Waals surface area contributed by atoms with Crippen molar-refractivity contribution in [1.82, 2.24) is 0 Å². The highest BCUT2D eigenvalue weighted by Crippen LogP contribution is 2.40. The summed E-state index contributed by atoms with van der Waals surface area (Å²) in [6.07, 6.45) is 31.0. The van der Waals surface area contributed by atoms with Crippen molar-refractivity contribution in [2.75, 3.05) is 0 Å². The van der Waals surface area contributed by atoms with Crippen LogP contribution in [-0.4, -0.2) is 11.6 Å². The molecule has 2 aliphatic rings. The molecule has 2 heteroatoms. The van der Waals surface area contributed by atoms with E-state index >= 15 is 0 Å². The van der Waals surface area contributed by atoms with Gasteiger partial charge in [-0.2, -0.15) is 0 Å². The van der Waals surface area contributed by atoms with Gasteiger partial charge < -0.3 is 0 Å². The summed E-state index contributed by atoms with van der Waals surface area (Å²) in [6.45, 7) is 21.8. The van der Waals surface area contributed by atoms with Gasteiger partial charge >= 0.3 is 0 Å². The summed E-state index contributed by atoms with van der Waals surface area (Å²) in [5.41, 5.74) is 5.66. The molecular formula is C40H58O2. The van der Waals surface area contributed by atoms with Crippen LogP contribution < -0.4 is 0 Å². The Balaban J connectivity index is 1.76. The molecule has 0 amide bonds. The zero-order chi connectivity index (χ0) is 31.5. The Bertz CT molecular complexity index is 1200. The number of carbonyl (C=O) groups is 2. The molecule has 2 aliphatic carbocycles. The van der Waals surface area contributed by atoms with Gasteiger partial charge in [-0.1, -0.05) is 121 Å². The fraction of sp³-hybridized carbons (Fsp3) is 0.550. The molecule has 0 fully saturated rings. The predicted molar refractivity (Wildman–Crippen MR) is 182 cm³/mol. The zero-order valence-electron chi connectivity index (χ0n) is 28.3. The van der Waals surface area contributed by atoms with Crippen molar-refractivity contribution in [2.45, 2.75) is 114 Å². The zero-order valence-corrected chi connectivity index (χ0v) is 28.3. The minimum Gasteiger partial charge on any atom is -0.295 e. The summed E-state index contributed by atoms with van der Waals surface area (Å²) < 4.78 is 0. The molecule has 0 aromatic heterocycles. The Morgan fingerprint density at radius 3 is 1.79 bits per heavy atom. The molecule has 0 N–H and O–H groups in total. The van der Waals surface area contributed by atoms with Crippen LogP contribution >= 0.6 is 0 Å². The van der Waals surface area contributed by atoms with Crippen molar-refractivity contribution in [2.24, 2.45) is 28.6 Å². The van der Waals surface area contributed by atoms with Crippen LogP contribution in [0.15, 0.2) is 94.7 Å². The molecule has 2 rings (SSSR count). The molecule has 2 nitrogen and oxygen atoms in total. The second-order valence-electron chi connectivity index (χ2n) is 14.2. The predicted octanol–water partition coefficient (Wildman–Crippen LogP) is 11.2. The lowest BCUT2D eigenvalue weighted by molar-refractivity contribution is -0.117. The molecule has 0 aromatic rings. The average Bonchev–Trinajstić information content (AvgIpc) is 2.91. The quantitative estimate of drug-likeness (QED) is 0.163. The first kappa shape index (κ1) is 35.5. The van der Waals surface area contributed by atoms with E-state index in [-0.39, 0.29) is 10.8 Å². The summed E-state index contributed by atoms with van der Waals surface area (Å²) in [5, 5.41) is 0. The maximum Gasteiger partial charge on any atom is 0.158 e. The lowest BCUT2D eigenvalue weighted by Gasteiger charge is -2.32. The first-order valence-electron chi connectivity index (χ1n) is 16.2. The molecule has 0 aliphatic heterocycles. The molecule has 42 heavy (non-hydrogen) atoms. The molecule has 3 unspecified atom stereocenters. The molecule has 3 atom stereocenters. The third kappa shape index (κ3) is 11.2. The Hall–Kier alpha value is -2.74. The Kier molecular flexibility index (Phi) is 13.7. The van der Waals surface area contributed by atoms with E-state index in [9.17, 15) is 9.59 Å². The van der Waals surface area contributed by atoms with Crippen molar-refractivity contribution in [3.05, 3.63) is 94.7 Å². The molecular weight excluding hydrogens is 512 g/mol. The number of Topliss-reactive ketones (excluding diaryl/α,β-unsaturated/α-hetero) is 2. The van der Waals surface area contributed by atoms with Gasteiger partial charge in [-0.15, -0.1) is 0 Å². The number of allylic oxidation sites excluding steroid dienone is 16. The molecule has 0 heterocycles. The van der Waals surface area contributed by atoms with Crippen LogP contribution in [0.3, 0.4) is 0 Å². The van der Waals surface area contributed by atoms with Crippen molar-refractivity contribution in [1.29, 1.82) is 0 Å². The minimum absolute atomic E-state index is 0.0651. The number of hydrogen-bond acceptors (Lipinski definition) is 2. The monoisotopic (exact) mass is 570 g/mol. The third-order valence-corrected chi connectivity index (χ3v) is 9.15. The van der Waals surface area contributed by atoms with E-state index < -0.39 is 0 Å². The van der Waals surface area contributed by atoms with Gasteiger partial charge in [0.1, 0.15) is 0 Å². The number of hydrogen-bond donors (Lipinski definition) is 0. The standard InChI is InChI=1S/C40H58O2/c1-29(17-13-19-31(3)21-23-35-33(5)37(41)25-27-39(35,7)8)15-11-12-16-30(2)18-14-20-32(4)22-24-36-34(6)38(42)26-28-40(36,9)10/h11,13-15,17,19-24,30-32H,12,16,18,25-28H2,1-10H3/b15-11+,19-13+,20-14+,23-21+,24-22+,29-17+. The van der Waals surface area contributed by atoms with Gasteiger partial charge in [0.2, 0.25) is 0 Å². The van der Waals surface area contributed by atoms with Crippen LogP contribution in [0.1, 0.15) is 114 Å². The summed E-state index contributed by atoms with van der Waals surface area (Å²) in [6, 6.07) is 0. The van der Waals surface area contributed by atoms with Crippen molar-refractivity contribution < 1.29 is 9.59 Å². The summed E-state index contributed by atoms with van der Waals surface area (Å²) in [4.78, 5) is 24.3. The van der Waals surface area contributed by atoms with Crippen LogP contribution in [-0.2, 0) is 9.59 Å². The van der Waals surface area contributed by atoms with Gasteiger partial charge in [0.15, 0.2) is 11.6 Å². The fourth-order valence-corrected chi connectivity index (χ4v) is 5.87. The largest absolute Gasteiger partial charge is 0.295 e. The molecule has 230 valence electrons. The molecule has 0 aromatic carbocycles. The molecule has 0 radical (unpaired) electrons. The van der Waals surface area contributed by atoms with Gasteiger partial charge in [-0.3, -0.25) is 9.59 Å². The lowest BCUT2D eigenvalue weighted by atomic mass is 9.72. The van der Waals surface area contributed by atoms with E-state index in [0.717, 1.165) is 36.8 Å². The van der Waals surface area contributed by atoms with E-state index in [1.807, 2.05) is 13.8 Å². The topological polar surface area (TPSA) is 34.1 Å². The molecule has 0 bridgehead atoms. The highest BCUT2D eigenvalue weighted by atomic mass is 16.1. The number of ketones is 2. The van der Waals surface area contributed by atoms with Crippen LogP contribution in [0.4, 0.5) is 0 Å². The SMILES string of the molecule is CC1=C(/C=C/C(C)/C=C/C=C(C)/C=C/CCC(C)C/C=C/C(C)/C=C/C2=C(C)C(=O)CCC2(C)C)C(C)(C)CCC1=O. The van der Waals surface area contributed by atoms with E-state index in [2.05, 4.69) is 122 Å². The highest BCUT2D eigenvalue weighted by molar-refractivity contribution is 5.97. The fourth-order valence-electron chi connectivity index (χ4n) is 5.87. The molecule has 0 spiro atoms. The van der Waals surface area contributed by atoms with Gasteiger partial charge in [-0.05, 0) is 104 Å². The van der Waals surface area contributed by atoms with E-state index in [4.69, 9.17) is 0 Å². The minimum atomic E-state index is 0.0651. The highest BCUT2D eigenvalue weighted by Gasteiger charge is 2.31. The van der Waals surface area contributed by atoms with E-state index in [0.29, 0.717) is 42.2 Å². The number of carbonyl (C=O) groups excluding carboxylic acids is 2. The number of rotatable bonds is 13. The van der Waals surface area contributed by atoms with Crippen LogP contribution in [0.25, 0.3) is 0 Å². The second-order valence-corrected chi connectivity index (χ2v) is 14.2. The normalized spacial score (nSPS) is 22.6. The summed E-state index contributed by atoms with van der Waals surface area (Å²) >= 11 is 0. The average molecular weight is 571 g/mol. The lowest BCUT2D eigenvalue weighted by Crippen LogP contribution is -2.24. The van der Waals surface area contributed by atoms with E-state index in [1.54, 1.807) is 0 Å². The Labute approximate surface area is 258 Å². The molecule has 0 saturated carbocycles. The Morgan fingerprint density at radius 2 is 1.26 bits per heavy atom. The van der Waals surface area contributed by atoms with Gasteiger partial charge in [0, 0.05) is 12.8 Å². The van der Waals surface area contributed by atoms with Crippen molar-refractivity contribution in [3.8, 4) is 0 Å². The summed E-state index contributed by atoms with van der Waals surface area (Å²) in [7, 11) is 0. The Morgan fingerprint density at radius 1 is 0.762 bits per heavy atom. The summed E-state index contributed by atoms with van der Waals surface area (Å²) in [5.74, 6) is 1.89. The van der Waals surface area contributed by atoms with Crippen molar-refractivity contribution in [3.63, 3.8) is 0 Å². The van der Waals surface area contributed by atoms with Gasteiger partial charge in [0.25, 0.3) is 0 Å². The smallest absolute Gasteiger partial charge is 0.158 e. The molecule has 0 saturated heterocycles. The first-order chi connectivity index (χ1) is 19.6.